The number of hydrogen-bond acceptors (Lipinski definition) is 3. The summed E-state index contributed by atoms with van der Waals surface area (Å²) in [5, 5.41) is 12.7. The summed E-state index contributed by atoms with van der Waals surface area (Å²) < 4.78 is 19.1. The molecule has 0 heterocycles. The number of nitrogens with one attached hydrogen (secondary N) is 1. The van der Waals surface area contributed by atoms with E-state index in [1.807, 2.05) is 6.92 Å². The lowest BCUT2D eigenvalue weighted by molar-refractivity contribution is -0.117. The monoisotopic (exact) mass is 381 g/mol. The molecule has 0 fully saturated rings. The molecular weight excluding hydrogens is 365 g/mol. The average Bonchev–Trinajstić information content (AvgIpc) is 2.51. The van der Waals surface area contributed by atoms with E-state index in [0.29, 0.717) is 15.7 Å². The van der Waals surface area contributed by atoms with Gasteiger partial charge in [0.05, 0.1) is 23.2 Å². The smallest absolute Gasteiger partial charge is 0.231 e. The van der Waals surface area contributed by atoms with Gasteiger partial charge in [-0.2, -0.15) is 0 Å². The first-order chi connectivity index (χ1) is 10.8. The molecule has 2 rings (SSSR count). The van der Waals surface area contributed by atoms with Gasteiger partial charge in [0.2, 0.25) is 5.91 Å². The van der Waals surface area contributed by atoms with E-state index in [1.165, 1.54) is 19.2 Å². The van der Waals surface area contributed by atoms with Gasteiger partial charge in [0.1, 0.15) is 0 Å². The van der Waals surface area contributed by atoms with Crippen molar-refractivity contribution in [1.82, 2.24) is 0 Å². The van der Waals surface area contributed by atoms with E-state index in [1.54, 1.807) is 25.1 Å². The average molecular weight is 382 g/mol. The van der Waals surface area contributed by atoms with Gasteiger partial charge in [-0.25, -0.2) is 4.39 Å². The third-order valence-electron chi connectivity index (χ3n) is 3.53. The Hall–Kier alpha value is -2.08. The summed E-state index contributed by atoms with van der Waals surface area (Å²) in [6, 6.07) is 7.80. The van der Waals surface area contributed by atoms with E-state index >= 15 is 0 Å². The third kappa shape index (κ3) is 3.82. The van der Waals surface area contributed by atoms with Gasteiger partial charge in [0, 0.05) is 0 Å². The Morgan fingerprint density at radius 1 is 1.35 bits per heavy atom. The van der Waals surface area contributed by atoms with Crippen molar-refractivity contribution in [3.05, 3.63) is 51.7 Å². The van der Waals surface area contributed by atoms with Gasteiger partial charge in [0.25, 0.3) is 0 Å². The molecule has 2 aromatic rings. The van der Waals surface area contributed by atoms with Crippen molar-refractivity contribution in [1.29, 1.82) is 0 Å². The van der Waals surface area contributed by atoms with Crippen LogP contribution in [0.4, 0.5) is 10.1 Å². The molecule has 0 saturated heterocycles. The molecule has 0 saturated carbocycles. The summed E-state index contributed by atoms with van der Waals surface area (Å²) in [7, 11) is 1.38. The molecule has 0 spiro atoms. The summed E-state index contributed by atoms with van der Waals surface area (Å²) in [6.07, 6.45) is 0. The standard InChI is InChI=1S/C17H17BrFNO3/c1-9-6-12(18)16(21)14(7-9)20-17(22)10(2)11-4-5-15(23-3)13(19)8-11/h4-8,10,21H,1-3H3,(H,20,22). The molecule has 0 aromatic heterocycles. The highest BCUT2D eigenvalue weighted by Crippen LogP contribution is 2.34. The molecule has 122 valence electrons. The van der Waals surface area contributed by atoms with Gasteiger partial charge >= 0.3 is 0 Å². The predicted molar refractivity (Wildman–Crippen MR) is 90.5 cm³/mol. The summed E-state index contributed by atoms with van der Waals surface area (Å²) in [6.45, 7) is 3.51. The van der Waals surface area contributed by atoms with Crippen LogP contribution in [-0.4, -0.2) is 18.1 Å². The molecule has 6 heteroatoms. The van der Waals surface area contributed by atoms with Crippen molar-refractivity contribution in [3.8, 4) is 11.5 Å². The van der Waals surface area contributed by atoms with Crippen LogP contribution in [-0.2, 0) is 4.79 Å². The molecule has 4 nitrogen and oxygen atoms in total. The molecule has 0 aliphatic rings. The van der Waals surface area contributed by atoms with Crippen LogP contribution >= 0.6 is 15.9 Å². The van der Waals surface area contributed by atoms with E-state index < -0.39 is 11.7 Å². The molecule has 0 aliphatic heterocycles. The molecule has 1 unspecified atom stereocenters. The van der Waals surface area contributed by atoms with Crippen molar-refractivity contribution < 1.29 is 19.0 Å². The molecular formula is C17H17BrFNO3. The van der Waals surface area contributed by atoms with Crippen LogP contribution in [0, 0.1) is 12.7 Å². The zero-order valence-corrected chi connectivity index (χ0v) is 14.6. The number of aryl methyl sites for hydroxylation is 1. The molecule has 0 bridgehead atoms. The Morgan fingerprint density at radius 3 is 2.65 bits per heavy atom. The highest BCUT2D eigenvalue weighted by molar-refractivity contribution is 9.10. The first-order valence-corrected chi connectivity index (χ1v) is 7.76. The van der Waals surface area contributed by atoms with E-state index in [2.05, 4.69) is 21.2 Å². The third-order valence-corrected chi connectivity index (χ3v) is 4.14. The Bertz CT molecular complexity index is 749. The zero-order chi connectivity index (χ0) is 17.1. The number of phenolic OH excluding ortho intramolecular Hbond substituents is 1. The van der Waals surface area contributed by atoms with Gasteiger partial charge in [-0.15, -0.1) is 0 Å². The molecule has 2 N–H and O–H groups in total. The SMILES string of the molecule is COc1ccc(C(C)C(=O)Nc2cc(C)cc(Br)c2O)cc1F. The van der Waals surface area contributed by atoms with E-state index in [4.69, 9.17) is 4.74 Å². The Morgan fingerprint density at radius 2 is 2.04 bits per heavy atom. The predicted octanol–water partition coefficient (Wildman–Crippen LogP) is 4.35. The minimum absolute atomic E-state index is 0.0444. The number of amides is 1. The maximum absolute atomic E-state index is 13.8. The second-order valence-electron chi connectivity index (χ2n) is 5.25. The van der Waals surface area contributed by atoms with Crippen molar-refractivity contribution >= 4 is 27.5 Å². The van der Waals surface area contributed by atoms with Crippen molar-refractivity contribution in [2.75, 3.05) is 12.4 Å². The minimum Gasteiger partial charge on any atom is -0.505 e. The fraction of sp³-hybridized carbons (Fsp3) is 0.235. The summed E-state index contributed by atoms with van der Waals surface area (Å²) in [5.41, 5.74) is 1.71. The largest absolute Gasteiger partial charge is 0.505 e. The fourth-order valence-electron chi connectivity index (χ4n) is 2.17. The topological polar surface area (TPSA) is 58.6 Å². The number of benzene rings is 2. The second kappa shape index (κ2) is 7.00. The van der Waals surface area contributed by atoms with E-state index in [-0.39, 0.29) is 17.4 Å². The van der Waals surface area contributed by atoms with Crippen LogP contribution in [0.2, 0.25) is 0 Å². The van der Waals surface area contributed by atoms with Crippen molar-refractivity contribution in [2.24, 2.45) is 0 Å². The molecule has 1 atom stereocenters. The number of rotatable bonds is 4. The van der Waals surface area contributed by atoms with Crippen molar-refractivity contribution in [3.63, 3.8) is 0 Å². The van der Waals surface area contributed by atoms with Gasteiger partial charge in [0.15, 0.2) is 17.3 Å². The maximum atomic E-state index is 13.8. The van der Waals surface area contributed by atoms with E-state index in [0.717, 1.165) is 5.56 Å². The number of anilines is 1. The van der Waals surface area contributed by atoms with Crippen LogP contribution in [0.15, 0.2) is 34.8 Å². The van der Waals surface area contributed by atoms with Crippen molar-refractivity contribution in [2.45, 2.75) is 19.8 Å². The molecule has 2 aromatic carbocycles. The van der Waals surface area contributed by atoms with Gasteiger partial charge in [-0.3, -0.25) is 4.79 Å². The number of aromatic hydroxyl groups is 1. The normalized spacial score (nSPS) is 11.9. The van der Waals surface area contributed by atoms with Crippen LogP contribution in [0.5, 0.6) is 11.5 Å². The quantitative estimate of drug-likeness (QED) is 0.773. The lowest BCUT2D eigenvalue weighted by Crippen LogP contribution is -2.19. The van der Waals surface area contributed by atoms with Crippen LogP contribution in [0.1, 0.15) is 24.0 Å². The number of carbonyl (C=O) groups excluding carboxylic acids is 1. The van der Waals surface area contributed by atoms with Crippen LogP contribution < -0.4 is 10.1 Å². The Kier molecular flexibility index (Phi) is 5.26. The number of phenols is 1. The Labute approximate surface area is 142 Å². The highest BCUT2D eigenvalue weighted by atomic mass is 79.9. The summed E-state index contributed by atoms with van der Waals surface area (Å²) >= 11 is 3.23. The van der Waals surface area contributed by atoms with Gasteiger partial charge < -0.3 is 15.2 Å². The highest BCUT2D eigenvalue weighted by Gasteiger charge is 2.19. The number of hydrogen-bond donors (Lipinski definition) is 2. The fourth-order valence-corrected chi connectivity index (χ4v) is 2.75. The summed E-state index contributed by atoms with van der Waals surface area (Å²) in [5.74, 6) is -1.37. The zero-order valence-electron chi connectivity index (χ0n) is 13.0. The first kappa shape index (κ1) is 17.3. The lowest BCUT2D eigenvalue weighted by Gasteiger charge is -2.15. The van der Waals surface area contributed by atoms with Crippen LogP contribution in [0.25, 0.3) is 0 Å². The maximum Gasteiger partial charge on any atom is 0.231 e. The minimum atomic E-state index is -0.589. The molecule has 23 heavy (non-hydrogen) atoms. The number of methoxy groups -OCH3 is 1. The van der Waals surface area contributed by atoms with Gasteiger partial charge in [-0.1, -0.05) is 6.07 Å². The molecule has 0 aliphatic carbocycles. The Balaban J connectivity index is 2.22. The number of halogens is 2. The molecule has 1 amide bonds. The lowest BCUT2D eigenvalue weighted by atomic mass is 9.99. The van der Waals surface area contributed by atoms with Crippen LogP contribution in [0.3, 0.4) is 0 Å². The second-order valence-corrected chi connectivity index (χ2v) is 6.10. The first-order valence-electron chi connectivity index (χ1n) is 6.97. The summed E-state index contributed by atoms with van der Waals surface area (Å²) in [4.78, 5) is 12.4. The number of carbonyl (C=O) groups is 1. The molecule has 0 radical (unpaired) electrons. The van der Waals surface area contributed by atoms with E-state index in [9.17, 15) is 14.3 Å². The number of ether oxygens (including phenoxy) is 1. The van der Waals surface area contributed by atoms with Gasteiger partial charge in [-0.05, 0) is 65.2 Å².